The minimum Gasteiger partial charge on any atom is -0.473 e. The third kappa shape index (κ3) is 9.01. The van der Waals surface area contributed by atoms with Gasteiger partial charge in [0.15, 0.2) is 0 Å². The van der Waals surface area contributed by atoms with E-state index in [0.717, 1.165) is 22.4 Å². The molecular formula is C24H25N3O7S. The molecule has 184 valence electrons. The SMILES string of the molecule is Cc1ccc(NC(=O)C(NCc2ccc(S(N)(=O)=O)cc2)c2ccccc2)cc1.O=C(O)C(=O)O. The number of aryl methyl sites for hydroxylation is 1. The number of hydrogen-bond donors (Lipinski definition) is 5. The third-order valence-corrected chi connectivity index (χ3v) is 5.59. The number of benzene rings is 3. The average Bonchev–Trinajstić information content (AvgIpc) is 2.81. The number of carboxylic acids is 2. The van der Waals surface area contributed by atoms with Gasteiger partial charge < -0.3 is 15.5 Å². The van der Waals surface area contributed by atoms with Crippen molar-refractivity contribution in [3.63, 3.8) is 0 Å². The Bertz CT molecular complexity index is 1250. The van der Waals surface area contributed by atoms with Crippen molar-refractivity contribution in [2.24, 2.45) is 5.14 Å². The Hall–Kier alpha value is -4.06. The molecule has 1 atom stereocenters. The van der Waals surface area contributed by atoms with Crippen molar-refractivity contribution in [3.8, 4) is 0 Å². The molecule has 0 aliphatic rings. The molecule has 0 aromatic heterocycles. The molecule has 10 nitrogen and oxygen atoms in total. The maximum absolute atomic E-state index is 12.9. The number of primary sulfonamides is 1. The van der Waals surface area contributed by atoms with Gasteiger partial charge in [-0.2, -0.15) is 0 Å². The number of nitrogens with two attached hydrogens (primary N) is 1. The molecule has 3 aromatic carbocycles. The van der Waals surface area contributed by atoms with Crippen LogP contribution in [0.1, 0.15) is 22.7 Å². The Labute approximate surface area is 202 Å². The van der Waals surface area contributed by atoms with Gasteiger partial charge in [0.05, 0.1) is 4.90 Å². The summed E-state index contributed by atoms with van der Waals surface area (Å²) < 4.78 is 22.8. The molecule has 0 saturated carbocycles. The molecule has 1 amide bonds. The first-order chi connectivity index (χ1) is 16.5. The summed E-state index contributed by atoms with van der Waals surface area (Å²) in [4.78, 5) is 31.2. The van der Waals surface area contributed by atoms with Gasteiger partial charge >= 0.3 is 11.9 Å². The number of rotatable bonds is 7. The summed E-state index contributed by atoms with van der Waals surface area (Å²) in [6.07, 6.45) is 0. The highest BCUT2D eigenvalue weighted by Gasteiger charge is 2.20. The number of sulfonamides is 1. The highest BCUT2D eigenvalue weighted by atomic mass is 32.2. The van der Waals surface area contributed by atoms with Crippen molar-refractivity contribution < 1.29 is 33.0 Å². The zero-order chi connectivity index (χ0) is 26.0. The minimum atomic E-state index is -3.73. The van der Waals surface area contributed by atoms with E-state index in [0.29, 0.717) is 6.54 Å². The van der Waals surface area contributed by atoms with E-state index in [1.165, 1.54) is 12.1 Å². The van der Waals surface area contributed by atoms with Crippen LogP contribution in [0.5, 0.6) is 0 Å². The topological polar surface area (TPSA) is 176 Å². The lowest BCUT2D eigenvalue weighted by atomic mass is 10.1. The molecule has 1 unspecified atom stereocenters. The van der Waals surface area contributed by atoms with Gasteiger partial charge in [0, 0.05) is 12.2 Å². The Morgan fingerprint density at radius 1 is 0.857 bits per heavy atom. The number of nitrogens with one attached hydrogen (secondary N) is 2. The second kappa shape index (κ2) is 12.4. The standard InChI is InChI=1S/C22H23N3O3S.C2H2O4/c1-16-7-11-19(12-8-16)25-22(26)21(18-5-3-2-4-6-18)24-15-17-9-13-20(14-10-17)29(23,27)28;3-1(4)2(5)6/h2-14,21,24H,15H2,1H3,(H,25,26)(H2,23,27,28);(H,3,4)(H,5,6). The number of carboxylic acid groups (broad SMARTS) is 2. The van der Waals surface area contributed by atoms with Crippen molar-refractivity contribution in [3.05, 3.63) is 95.6 Å². The molecule has 6 N–H and O–H groups in total. The lowest BCUT2D eigenvalue weighted by molar-refractivity contribution is -0.159. The number of carbonyl (C=O) groups is 3. The average molecular weight is 500 g/mol. The quantitative estimate of drug-likeness (QED) is 0.307. The number of amides is 1. The molecule has 0 saturated heterocycles. The lowest BCUT2D eigenvalue weighted by Crippen LogP contribution is -2.32. The highest BCUT2D eigenvalue weighted by Crippen LogP contribution is 2.18. The van der Waals surface area contributed by atoms with Gasteiger partial charge in [0.1, 0.15) is 6.04 Å². The van der Waals surface area contributed by atoms with Gasteiger partial charge in [-0.15, -0.1) is 0 Å². The van der Waals surface area contributed by atoms with Crippen LogP contribution in [-0.4, -0.2) is 36.5 Å². The van der Waals surface area contributed by atoms with Gasteiger partial charge in [-0.05, 0) is 42.3 Å². The number of anilines is 1. The van der Waals surface area contributed by atoms with E-state index in [4.69, 9.17) is 24.9 Å². The predicted octanol–water partition coefficient (Wildman–Crippen LogP) is 2.27. The van der Waals surface area contributed by atoms with E-state index in [1.54, 1.807) is 12.1 Å². The molecule has 0 radical (unpaired) electrons. The number of hydrogen-bond acceptors (Lipinski definition) is 6. The van der Waals surface area contributed by atoms with Gasteiger partial charge in [0.25, 0.3) is 0 Å². The first-order valence-electron chi connectivity index (χ1n) is 10.2. The van der Waals surface area contributed by atoms with Gasteiger partial charge in [-0.25, -0.2) is 23.1 Å². The normalized spacial score (nSPS) is 11.5. The summed E-state index contributed by atoms with van der Waals surface area (Å²) in [5, 5.41) is 26.1. The number of aliphatic carboxylic acids is 2. The van der Waals surface area contributed by atoms with Crippen molar-refractivity contribution >= 4 is 33.6 Å². The zero-order valence-corrected chi connectivity index (χ0v) is 19.5. The highest BCUT2D eigenvalue weighted by molar-refractivity contribution is 7.89. The summed E-state index contributed by atoms with van der Waals surface area (Å²) in [6, 6.07) is 22.7. The van der Waals surface area contributed by atoms with Gasteiger partial charge in [0.2, 0.25) is 15.9 Å². The zero-order valence-electron chi connectivity index (χ0n) is 18.7. The predicted molar refractivity (Wildman–Crippen MR) is 129 cm³/mol. The largest absolute Gasteiger partial charge is 0.473 e. The van der Waals surface area contributed by atoms with Crippen LogP contribution in [0.25, 0.3) is 0 Å². The van der Waals surface area contributed by atoms with Crippen LogP contribution >= 0.6 is 0 Å². The molecule has 3 aromatic rings. The molecule has 3 rings (SSSR count). The van der Waals surface area contributed by atoms with Crippen LogP contribution in [0, 0.1) is 6.92 Å². The minimum absolute atomic E-state index is 0.0537. The summed E-state index contributed by atoms with van der Waals surface area (Å²) in [5.74, 6) is -3.83. The van der Waals surface area contributed by atoms with Crippen LogP contribution in [-0.2, 0) is 31.0 Å². The maximum atomic E-state index is 12.9. The van der Waals surface area contributed by atoms with E-state index in [9.17, 15) is 13.2 Å². The fourth-order valence-electron chi connectivity index (χ4n) is 2.88. The van der Waals surface area contributed by atoms with Crippen LogP contribution in [0.3, 0.4) is 0 Å². The van der Waals surface area contributed by atoms with Crippen molar-refractivity contribution in [1.29, 1.82) is 0 Å². The smallest absolute Gasteiger partial charge is 0.414 e. The van der Waals surface area contributed by atoms with E-state index in [2.05, 4.69) is 10.6 Å². The summed E-state index contributed by atoms with van der Waals surface area (Å²) in [7, 11) is -3.73. The molecule has 0 bridgehead atoms. The van der Waals surface area contributed by atoms with E-state index in [-0.39, 0.29) is 10.8 Å². The van der Waals surface area contributed by atoms with Crippen LogP contribution in [0.4, 0.5) is 5.69 Å². The third-order valence-electron chi connectivity index (χ3n) is 4.66. The molecule has 11 heteroatoms. The van der Waals surface area contributed by atoms with Crippen molar-refractivity contribution in [2.45, 2.75) is 24.4 Å². The fourth-order valence-corrected chi connectivity index (χ4v) is 3.39. The molecule has 0 fully saturated rings. The van der Waals surface area contributed by atoms with E-state index >= 15 is 0 Å². The van der Waals surface area contributed by atoms with Gasteiger partial charge in [-0.1, -0.05) is 60.2 Å². The molecule has 0 aliphatic carbocycles. The lowest BCUT2D eigenvalue weighted by Gasteiger charge is -2.19. The van der Waals surface area contributed by atoms with E-state index in [1.807, 2.05) is 61.5 Å². The summed E-state index contributed by atoms with van der Waals surface area (Å²) >= 11 is 0. The summed E-state index contributed by atoms with van der Waals surface area (Å²) in [5.41, 5.74) is 3.50. The van der Waals surface area contributed by atoms with Gasteiger partial charge in [-0.3, -0.25) is 10.1 Å². The van der Waals surface area contributed by atoms with Crippen LogP contribution in [0.2, 0.25) is 0 Å². The van der Waals surface area contributed by atoms with E-state index < -0.39 is 28.0 Å². The monoisotopic (exact) mass is 499 g/mol. The second-order valence-corrected chi connectivity index (χ2v) is 8.94. The van der Waals surface area contributed by atoms with Crippen LogP contribution < -0.4 is 15.8 Å². The molecule has 0 heterocycles. The Kier molecular flexibility index (Phi) is 9.64. The van der Waals surface area contributed by atoms with Crippen molar-refractivity contribution in [2.75, 3.05) is 5.32 Å². The molecule has 35 heavy (non-hydrogen) atoms. The first kappa shape index (κ1) is 27.2. The molecule has 0 aliphatic heterocycles. The first-order valence-corrected chi connectivity index (χ1v) is 11.8. The maximum Gasteiger partial charge on any atom is 0.414 e. The Balaban J connectivity index is 0.000000641. The molecular weight excluding hydrogens is 474 g/mol. The summed E-state index contributed by atoms with van der Waals surface area (Å²) in [6.45, 7) is 2.37. The van der Waals surface area contributed by atoms with Crippen molar-refractivity contribution in [1.82, 2.24) is 5.32 Å². The number of carbonyl (C=O) groups excluding carboxylic acids is 1. The second-order valence-electron chi connectivity index (χ2n) is 7.38. The fraction of sp³-hybridized carbons (Fsp3) is 0.125. The van der Waals surface area contributed by atoms with Crippen LogP contribution in [0.15, 0.2) is 83.8 Å². The molecule has 0 spiro atoms. The Morgan fingerprint density at radius 2 is 1.40 bits per heavy atom. The Morgan fingerprint density at radius 3 is 1.89 bits per heavy atom.